The van der Waals surface area contributed by atoms with Gasteiger partial charge < -0.3 is 15.4 Å². The van der Waals surface area contributed by atoms with Gasteiger partial charge in [-0.3, -0.25) is 4.79 Å². The number of carbonyl (C=O) groups excluding carboxylic acids is 1. The van der Waals surface area contributed by atoms with Crippen LogP contribution in [0.5, 0.6) is 0 Å². The van der Waals surface area contributed by atoms with Crippen molar-refractivity contribution in [3.05, 3.63) is 0 Å². The number of halogens is 1. The van der Waals surface area contributed by atoms with Gasteiger partial charge >= 0.3 is 0 Å². The minimum Gasteiger partial charge on any atom is -0.365 e. The van der Waals surface area contributed by atoms with Crippen LogP contribution in [0.15, 0.2) is 0 Å². The van der Waals surface area contributed by atoms with Crippen LogP contribution in [0, 0.1) is 0 Å². The number of rotatable bonds is 8. The van der Waals surface area contributed by atoms with E-state index in [1.165, 1.54) is 12.8 Å². The maximum atomic E-state index is 11.9. The lowest BCUT2D eigenvalue weighted by Crippen LogP contribution is -2.38. The molecule has 0 aliphatic heterocycles. The summed E-state index contributed by atoms with van der Waals surface area (Å²) in [5.74, 6) is 0.0514. The highest BCUT2D eigenvalue weighted by Crippen LogP contribution is 2.22. The molecule has 2 N–H and O–H groups in total. The fourth-order valence-corrected chi connectivity index (χ4v) is 2.19. The monoisotopic (exact) mass is 278 g/mol. The highest BCUT2D eigenvalue weighted by molar-refractivity contribution is 5.85. The minimum atomic E-state index is -0.257. The summed E-state index contributed by atoms with van der Waals surface area (Å²) < 4.78 is 5.85. The molecule has 1 fully saturated rings. The van der Waals surface area contributed by atoms with Crippen molar-refractivity contribution in [2.24, 2.45) is 0 Å². The molecule has 0 heterocycles. The molecule has 0 aromatic rings. The van der Waals surface area contributed by atoms with Gasteiger partial charge in [-0.1, -0.05) is 19.8 Å². The van der Waals surface area contributed by atoms with E-state index < -0.39 is 0 Å². The third-order valence-corrected chi connectivity index (χ3v) is 3.22. The van der Waals surface area contributed by atoms with Crippen molar-refractivity contribution in [2.75, 3.05) is 20.1 Å². The Balaban J connectivity index is 0.00000289. The molecule has 1 aliphatic carbocycles. The van der Waals surface area contributed by atoms with E-state index in [1.807, 2.05) is 14.0 Å². The predicted molar refractivity (Wildman–Crippen MR) is 76.2 cm³/mol. The first-order valence-corrected chi connectivity index (χ1v) is 6.85. The van der Waals surface area contributed by atoms with Crippen molar-refractivity contribution in [3.8, 4) is 0 Å². The number of amides is 1. The normalized spacial score (nSPS) is 17.2. The lowest BCUT2D eigenvalue weighted by molar-refractivity contribution is -0.136. The van der Waals surface area contributed by atoms with Crippen LogP contribution in [0.25, 0.3) is 0 Å². The van der Waals surface area contributed by atoms with Crippen LogP contribution in [0.2, 0.25) is 0 Å². The summed E-state index contributed by atoms with van der Waals surface area (Å²) >= 11 is 0. The van der Waals surface area contributed by atoms with Crippen LogP contribution in [-0.2, 0) is 9.53 Å². The van der Waals surface area contributed by atoms with E-state index in [-0.39, 0.29) is 24.4 Å². The number of nitrogens with one attached hydrogen (secondary N) is 2. The zero-order valence-electron chi connectivity index (χ0n) is 11.5. The molecule has 0 bridgehead atoms. The quantitative estimate of drug-likeness (QED) is 0.667. The van der Waals surface area contributed by atoms with Crippen LogP contribution < -0.4 is 10.6 Å². The fraction of sp³-hybridized carbons (Fsp3) is 0.923. The van der Waals surface area contributed by atoms with Gasteiger partial charge in [0.15, 0.2) is 0 Å². The molecule has 0 aromatic heterocycles. The van der Waals surface area contributed by atoms with Gasteiger partial charge in [0.25, 0.3) is 0 Å². The first-order chi connectivity index (χ1) is 8.27. The van der Waals surface area contributed by atoms with Gasteiger partial charge in [-0.2, -0.15) is 0 Å². The standard InChI is InChI=1S/C13H26N2O2.ClH/c1-3-12(17-11-7-4-5-8-11)13(16)15-10-6-9-14-2;/h11-12,14H,3-10H2,1-2H3,(H,15,16);1H. The third kappa shape index (κ3) is 6.57. The SMILES string of the molecule is CCC(OC1CCCC1)C(=O)NCCCNC.Cl. The Morgan fingerprint density at radius 1 is 1.33 bits per heavy atom. The molecule has 18 heavy (non-hydrogen) atoms. The van der Waals surface area contributed by atoms with Gasteiger partial charge in [-0.25, -0.2) is 0 Å². The van der Waals surface area contributed by atoms with E-state index in [9.17, 15) is 4.79 Å². The van der Waals surface area contributed by atoms with Gasteiger partial charge in [0, 0.05) is 6.54 Å². The van der Waals surface area contributed by atoms with Crippen molar-refractivity contribution < 1.29 is 9.53 Å². The molecule has 0 radical (unpaired) electrons. The molecule has 0 spiro atoms. The Morgan fingerprint density at radius 2 is 2.00 bits per heavy atom. The maximum absolute atomic E-state index is 11.9. The first kappa shape index (κ1) is 17.7. The Kier molecular flexibility index (Phi) is 10.4. The molecule has 1 aliphatic rings. The topological polar surface area (TPSA) is 50.4 Å². The first-order valence-electron chi connectivity index (χ1n) is 6.85. The van der Waals surface area contributed by atoms with Gasteiger partial charge in [0.05, 0.1) is 6.10 Å². The molecule has 4 nitrogen and oxygen atoms in total. The predicted octanol–water partition coefficient (Wildman–Crippen LogP) is 1.87. The van der Waals surface area contributed by atoms with Crippen molar-refractivity contribution in [1.82, 2.24) is 10.6 Å². The van der Waals surface area contributed by atoms with Gasteiger partial charge in [0.2, 0.25) is 5.91 Å². The van der Waals surface area contributed by atoms with Crippen molar-refractivity contribution in [3.63, 3.8) is 0 Å². The number of hydrogen-bond donors (Lipinski definition) is 2. The largest absolute Gasteiger partial charge is 0.365 e. The van der Waals surface area contributed by atoms with E-state index in [1.54, 1.807) is 0 Å². The van der Waals surface area contributed by atoms with Gasteiger partial charge in [-0.15, -0.1) is 12.4 Å². The summed E-state index contributed by atoms with van der Waals surface area (Å²) in [5, 5.41) is 6.00. The fourth-order valence-electron chi connectivity index (χ4n) is 2.19. The van der Waals surface area contributed by atoms with E-state index in [4.69, 9.17) is 4.74 Å². The molecule has 108 valence electrons. The third-order valence-electron chi connectivity index (χ3n) is 3.22. The molecule has 0 saturated heterocycles. The highest BCUT2D eigenvalue weighted by atomic mass is 35.5. The van der Waals surface area contributed by atoms with E-state index >= 15 is 0 Å². The molecular weight excluding hydrogens is 252 g/mol. The summed E-state index contributed by atoms with van der Waals surface area (Å²) in [6.07, 6.45) is 6.48. The highest BCUT2D eigenvalue weighted by Gasteiger charge is 2.23. The van der Waals surface area contributed by atoms with Crippen LogP contribution in [0.1, 0.15) is 45.4 Å². The molecule has 5 heteroatoms. The average Bonchev–Trinajstić information content (AvgIpc) is 2.84. The Labute approximate surface area is 117 Å². The average molecular weight is 279 g/mol. The molecular formula is C13H27ClN2O2. The smallest absolute Gasteiger partial charge is 0.249 e. The summed E-state index contributed by atoms with van der Waals surface area (Å²) in [7, 11) is 1.92. The lowest BCUT2D eigenvalue weighted by atomic mass is 10.2. The summed E-state index contributed by atoms with van der Waals surface area (Å²) in [6, 6.07) is 0. The Hall–Kier alpha value is -0.320. The minimum absolute atomic E-state index is 0. The number of carbonyl (C=O) groups is 1. The molecule has 1 rings (SSSR count). The molecule has 1 unspecified atom stereocenters. The van der Waals surface area contributed by atoms with Gasteiger partial charge in [0.1, 0.15) is 6.10 Å². The van der Waals surface area contributed by atoms with Crippen LogP contribution in [0.3, 0.4) is 0 Å². The Bertz CT molecular complexity index is 221. The van der Waals surface area contributed by atoms with Crippen LogP contribution in [-0.4, -0.2) is 38.3 Å². The van der Waals surface area contributed by atoms with Crippen molar-refractivity contribution in [1.29, 1.82) is 0 Å². The maximum Gasteiger partial charge on any atom is 0.249 e. The summed E-state index contributed by atoms with van der Waals surface area (Å²) in [4.78, 5) is 11.9. The molecule has 1 amide bonds. The zero-order valence-corrected chi connectivity index (χ0v) is 12.4. The van der Waals surface area contributed by atoms with Crippen LogP contribution >= 0.6 is 12.4 Å². The lowest BCUT2D eigenvalue weighted by Gasteiger charge is -2.20. The zero-order chi connectivity index (χ0) is 12.5. The van der Waals surface area contributed by atoms with Gasteiger partial charge in [-0.05, 0) is 39.3 Å². The summed E-state index contributed by atoms with van der Waals surface area (Å²) in [6.45, 7) is 3.66. The Morgan fingerprint density at radius 3 is 2.56 bits per heavy atom. The van der Waals surface area contributed by atoms with E-state index in [2.05, 4.69) is 10.6 Å². The van der Waals surface area contributed by atoms with E-state index in [0.29, 0.717) is 6.10 Å². The molecule has 1 saturated carbocycles. The van der Waals surface area contributed by atoms with Crippen molar-refractivity contribution in [2.45, 2.75) is 57.7 Å². The second-order valence-corrected chi connectivity index (χ2v) is 4.69. The van der Waals surface area contributed by atoms with E-state index in [0.717, 1.165) is 38.8 Å². The van der Waals surface area contributed by atoms with Crippen molar-refractivity contribution >= 4 is 18.3 Å². The second-order valence-electron chi connectivity index (χ2n) is 4.69. The number of ether oxygens (including phenoxy) is 1. The second kappa shape index (κ2) is 10.6. The number of hydrogen-bond acceptors (Lipinski definition) is 3. The molecule has 0 aromatic carbocycles. The molecule has 1 atom stereocenters. The van der Waals surface area contributed by atoms with Crippen LogP contribution in [0.4, 0.5) is 0 Å². The summed E-state index contributed by atoms with van der Waals surface area (Å²) in [5.41, 5.74) is 0.